The summed E-state index contributed by atoms with van der Waals surface area (Å²) in [5, 5.41) is 14.0. The lowest BCUT2D eigenvalue weighted by Crippen LogP contribution is -2.33. The van der Waals surface area contributed by atoms with Crippen molar-refractivity contribution in [2.75, 3.05) is 7.11 Å². The second-order valence-corrected chi connectivity index (χ2v) is 6.27. The summed E-state index contributed by atoms with van der Waals surface area (Å²) < 4.78 is 18.3. The number of aliphatic hydroxyl groups excluding tert-OH is 1. The third-order valence-corrected chi connectivity index (χ3v) is 4.71. The molecule has 2 N–H and O–H groups in total. The number of ketones is 1. The Morgan fingerprint density at radius 2 is 2.28 bits per heavy atom. The summed E-state index contributed by atoms with van der Waals surface area (Å²) in [6.07, 6.45) is -0.116. The molecule has 0 unspecified atom stereocenters. The fraction of sp³-hybridized carbons (Fsp3) is 0.235. The second kappa shape index (κ2) is 7.12. The average Bonchev–Trinajstić information content (AvgIpc) is 3.04. The van der Waals surface area contributed by atoms with Crippen molar-refractivity contribution in [3.63, 3.8) is 0 Å². The van der Waals surface area contributed by atoms with Gasteiger partial charge in [-0.2, -0.15) is 0 Å². The SMILES string of the molecule is COc1cc(CNC(=O)C2=Nc3scc(CO)c3C(=O)C2)ccc1F. The summed E-state index contributed by atoms with van der Waals surface area (Å²) in [7, 11) is 1.36. The molecule has 6 nitrogen and oxygen atoms in total. The van der Waals surface area contributed by atoms with Crippen LogP contribution >= 0.6 is 11.3 Å². The van der Waals surface area contributed by atoms with E-state index in [4.69, 9.17) is 4.74 Å². The maximum absolute atomic E-state index is 13.4. The van der Waals surface area contributed by atoms with E-state index in [0.717, 1.165) is 0 Å². The summed E-state index contributed by atoms with van der Waals surface area (Å²) in [6.45, 7) is -0.0805. The highest BCUT2D eigenvalue weighted by Gasteiger charge is 2.27. The molecule has 130 valence electrons. The standard InChI is InChI=1S/C17H15FN2O4S/c1-24-14-4-9(2-3-11(14)18)6-19-16(23)12-5-13(22)15-10(7-21)8-25-17(15)20-12/h2-4,8,21H,5-7H2,1H3,(H,19,23). The average molecular weight is 362 g/mol. The molecular weight excluding hydrogens is 347 g/mol. The number of ether oxygens (including phenoxy) is 1. The molecule has 0 spiro atoms. The zero-order chi connectivity index (χ0) is 18.0. The Bertz CT molecular complexity index is 876. The zero-order valence-corrected chi connectivity index (χ0v) is 14.2. The van der Waals surface area contributed by atoms with E-state index in [9.17, 15) is 19.1 Å². The summed E-state index contributed by atoms with van der Waals surface area (Å²) in [6, 6.07) is 4.29. The molecule has 0 fully saturated rings. The number of rotatable bonds is 5. The van der Waals surface area contributed by atoms with Crippen LogP contribution in [-0.4, -0.2) is 29.6 Å². The van der Waals surface area contributed by atoms with Crippen molar-refractivity contribution in [3.05, 3.63) is 46.1 Å². The molecule has 2 heterocycles. The Labute approximate surface area is 147 Å². The molecule has 0 saturated heterocycles. The number of aliphatic imine (C=N–C) groups is 1. The molecule has 0 atom stereocenters. The van der Waals surface area contributed by atoms with Gasteiger partial charge in [0.15, 0.2) is 17.3 Å². The normalized spacial score (nSPS) is 13.2. The number of carbonyl (C=O) groups excluding carboxylic acids is 2. The first-order valence-corrected chi connectivity index (χ1v) is 8.34. The molecule has 1 aromatic heterocycles. The van der Waals surface area contributed by atoms with Gasteiger partial charge in [0.25, 0.3) is 5.91 Å². The van der Waals surface area contributed by atoms with Crippen LogP contribution in [0.4, 0.5) is 9.39 Å². The van der Waals surface area contributed by atoms with Crippen molar-refractivity contribution in [2.45, 2.75) is 19.6 Å². The molecule has 25 heavy (non-hydrogen) atoms. The molecule has 2 aromatic rings. The van der Waals surface area contributed by atoms with Crippen molar-refractivity contribution in [1.29, 1.82) is 0 Å². The van der Waals surface area contributed by atoms with Crippen molar-refractivity contribution in [1.82, 2.24) is 5.32 Å². The van der Waals surface area contributed by atoms with Gasteiger partial charge in [-0.15, -0.1) is 11.3 Å². The Hall–Kier alpha value is -2.58. The van der Waals surface area contributed by atoms with E-state index in [2.05, 4.69) is 10.3 Å². The van der Waals surface area contributed by atoms with E-state index < -0.39 is 11.7 Å². The minimum absolute atomic E-state index is 0.0942. The van der Waals surface area contributed by atoms with Gasteiger partial charge >= 0.3 is 0 Å². The van der Waals surface area contributed by atoms with Crippen LogP contribution in [0.5, 0.6) is 5.75 Å². The van der Waals surface area contributed by atoms with E-state index >= 15 is 0 Å². The largest absolute Gasteiger partial charge is 0.494 e. The third kappa shape index (κ3) is 3.45. The summed E-state index contributed by atoms with van der Waals surface area (Å²) in [4.78, 5) is 28.7. The zero-order valence-electron chi connectivity index (χ0n) is 13.3. The topological polar surface area (TPSA) is 88.0 Å². The van der Waals surface area contributed by atoms with E-state index in [-0.39, 0.29) is 36.8 Å². The first-order chi connectivity index (χ1) is 12.0. The highest BCUT2D eigenvalue weighted by molar-refractivity contribution is 7.14. The minimum atomic E-state index is -0.482. The molecule has 1 aliphatic rings. The molecule has 1 aliphatic heterocycles. The molecule has 0 radical (unpaired) electrons. The molecule has 1 aromatic carbocycles. The van der Waals surface area contributed by atoms with E-state index in [1.165, 1.54) is 36.6 Å². The lowest BCUT2D eigenvalue weighted by molar-refractivity contribution is -0.115. The van der Waals surface area contributed by atoms with Crippen molar-refractivity contribution in [3.8, 4) is 5.75 Å². The number of hydrogen-bond acceptors (Lipinski definition) is 6. The predicted molar refractivity (Wildman–Crippen MR) is 91.1 cm³/mol. The molecule has 8 heteroatoms. The first kappa shape index (κ1) is 17.2. The van der Waals surface area contributed by atoms with E-state index in [1.54, 1.807) is 5.38 Å². The molecule has 1 amide bonds. The van der Waals surface area contributed by atoms with Crippen LogP contribution in [0.25, 0.3) is 0 Å². The van der Waals surface area contributed by atoms with Crippen LogP contribution in [0.15, 0.2) is 28.6 Å². The molecule has 0 saturated carbocycles. The highest BCUT2D eigenvalue weighted by atomic mass is 32.1. The second-order valence-electron chi connectivity index (χ2n) is 5.41. The number of Topliss-reactive ketones (excluding diaryl/α,β-unsaturated/α-hetero) is 1. The van der Waals surface area contributed by atoms with Gasteiger partial charge in [-0.3, -0.25) is 9.59 Å². The van der Waals surface area contributed by atoms with Crippen LogP contribution in [-0.2, 0) is 17.9 Å². The van der Waals surface area contributed by atoms with Crippen molar-refractivity contribution < 1.29 is 23.8 Å². The van der Waals surface area contributed by atoms with Gasteiger partial charge in [-0.05, 0) is 23.1 Å². The van der Waals surface area contributed by atoms with Crippen molar-refractivity contribution in [2.24, 2.45) is 4.99 Å². The Kier molecular flexibility index (Phi) is 4.91. The lowest BCUT2D eigenvalue weighted by Gasteiger charge is -2.13. The maximum Gasteiger partial charge on any atom is 0.266 e. The number of carbonyl (C=O) groups is 2. The summed E-state index contributed by atoms with van der Waals surface area (Å²) in [5.41, 5.74) is 1.71. The van der Waals surface area contributed by atoms with Gasteiger partial charge in [-0.25, -0.2) is 9.38 Å². The number of fused-ring (bicyclic) bond motifs is 1. The predicted octanol–water partition coefficient (Wildman–Crippen LogP) is 2.36. The monoisotopic (exact) mass is 362 g/mol. The summed E-state index contributed by atoms with van der Waals surface area (Å²) in [5.74, 6) is -1.08. The number of halogens is 1. The van der Waals surface area contributed by atoms with Crippen LogP contribution in [0, 0.1) is 5.82 Å². The minimum Gasteiger partial charge on any atom is -0.494 e. The van der Waals surface area contributed by atoms with Gasteiger partial charge in [0, 0.05) is 12.1 Å². The van der Waals surface area contributed by atoms with Crippen LogP contribution in [0.1, 0.15) is 27.9 Å². The highest BCUT2D eigenvalue weighted by Crippen LogP contribution is 2.35. The van der Waals surface area contributed by atoms with Gasteiger partial charge in [0.05, 0.1) is 25.7 Å². The van der Waals surface area contributed by atoms with Crippen LogP contribution in [0.2, 0.25) is 0 Å². The maximum atomic E-state index is 13.4. The quantitative estimate of drug-likeness (QED) is 0.855. The summed E-state index contributed by atoms with van der Waals surface area (Å²) >= 11 is 1.22. The van der Waals surface area contributed by atoms with E-state index in [0.29, 0.717) is 21.7 Å². The third-order valence-electron chi connectivity index (χ3n) is 3.79. The van der Waals surface area contributed by atoms with E-state index in [1.807, 2.05) is 0 Å². The van der Waals surface area contributed by atoms with Gasteiger partial charge in [0.1, 0.15) is 10.7 Å². The van der Waals surface area contributed by atoms with Gasteiger partial charge in [0.2, 0.25) is 0 Å². The Morgan fingerprint density at radius 1 is 1.48 bits per heavy atom. The fourth-order valence-corrected chi connectivity index (χ4v) is 3.48. The number of aliphatic hydroxyl groups is 1. The number of nitrogens with zero attached hydrogens (tertiary/aromatic N) is 1. The van der Waals surface area contributed by atoms with Crippen molar-refractivity contribution >= 4 is 33.7 Å². The van der Waals surface area contributed by atoms with Crippen LogP contribution < -0.4 is 10.1 Å². The Balaban J connectivity index is 1.73. The number of hydrogen-bond donors (Lipinski definition) is 2. The van der Waals surface area contributed by atoms with Gasteiger partial charge < -0.3 is 15.2 Å². The molecule has 0 bridgehead atoms. The number of benzene rings is 1. The smallest absolute Gasteiger partial charge is 0.266 e. The first-order valence-electron chi connectivity index (χ1n) is 7.46. The molecule has 3 rings (SSSR count). The number of nitrogens with one attached hydrogen (secondary N) is 1. The fourth-order valence-electron chi connectivity index (χ4n) is 2.51. The molecular formula is C17H15FN2O4S. The lowest BCUT2D eigenvalue weighted by atomic mass is 10.0. The van der Waals surface area contributed by atoms with Crippen LogP contribution in [0.3, 0.4) is 0 Å². The Morgan fingerprint density at radius 3 is 3.00 bits per heavy atom. The number of thiophene rings is 1. The number of methoxy groups -OCH3 is 1. The molecule has 0 aliphatic carbocycles. The number of amides is 1. The van der Waals surface area contributed by atoms with Gasteiger partial charge in [-0.1, -0.05) is 6.07 Å².